The SMILES string of the molecule is CC(C)CCNCCNS(C)(=O)=O. The number of hydrogen-bond acceptors (Lipinski definition) is 3. The van der Waals surface area contributed by atoms with E-state index in [1.165, 1.54) is 6.26 Å². The molecular weight excluding hydrogens is 188 g/mol. The quantitative estimate of drug-likeness (QED) is 0.586. The fourth-order valence-electron chi connectivity index (χ4n) is 0.841. The third-order valence-electron chi connectivity index (χ3n) is 1.56. The van der Waals surface area contributed by atoms with Gasteiger partial charge in [-0.2, -0.15) is 0 Å². The molecule has 80 valence electrons. The minimum atomic E-state index is -3.02. The standard InChI is InChI=1S/C8H20N2O2S/c1-8(2)4-5-9-6-7-10-13(3,11)12/h8-10H,4-7H2,1-3H3. The third-order valence-corrected chi connectivity index (χ3v) is 2.29. The van der Waals surface area contributed by atoms with Crippen molar-refractivity contribution in [3.8, 4) is 0 Å². The fraction of sp³-hybridized carbons (Fsp3) is 1.00. The monoisotopic (exact) mass is 208 g/mol. The van der Waals surface area contributed by atoms with Crippen molar-refractivity contribution in [2.75, 3.05) is 25.9 Å². The third kappa shape index (κ3) is 11.9. The summed E-state index contributed by atoms with van der Waals surface area (Å²) in [5, 5.41) is 3.16. The minimum Gasteiger partial charge on any atom is -0.315 e. The highest BCUT2D eigenvalue weighted by atomic mass is 32.2. The summed E-state index contributed by atoms with van der Waals surface area (Å²) in [6, 6.07) is 0. The predicted octanol–water partition coefficient (Wildman–Crippen LogP) is 0.171. The molecular formula is C8H20N2O2S. The van der Waals surface area contributed by atoms with E-state index in [9.17, 15) is 8.42 Å². The lowest BCUT2D eigenvalue weighted by Gasteiger charge is -2.06. The van der Waals surface area contributed by atoms with E-state index in [0.717, 1.165) is 13.0 Å². The van der Waals surface area contributed by atoms with Gasteiger partial charge >= 0.3 is 0 Å². The Balaban J connectivity index is 3.18. The number of sulfonamides is 1. The Morgan fingerprint density at radius 3 is 2.23 bits per heavy atom. The molecule has 0 aromatic heterocycles. The molecule has 2 N–H and O–H groups in total. The maximum atomic E-state index is 10.6. The van der Waals surface area contributed by atoms with E-state index in [0.29, 0.717) is 19.0 Å². The first-order valence-electron chi connectivity index (χ1n) is 4.57. The van der Waals surface area contributed by atoms with Crippen LogP contribution < -0.4 is 10.0 Å². The lowest BCUT2D eigenvalue weighted by molar-refractivity contribution is 0.534. The highest BCUT2D eigenvalue weighted by Crippen LogP contribution is 1.95. The molecule has 0 atom stereocenters. The van der Waals surface area contributed by atoms with E-state index >= 15 is 0 Å². The Morgan fingerprint density at radius 1 is 1.15 bits per heavy atom. The van der Waals surface area contributed by atoms with E-state index in [-0.39, 0.29) is 0 Å². The van der Waals surface area contributed by atoms with Gasteiger partial charge in [-0.05, 0) is 18.9 Å². The van der Waals surface area contributed by atoms with Crippen molar-refractivity contribution in [1.82, 2.24) is 10.0 Å². The highest BCUT2D eigenvalue weighted by molar-refractivity contribution is 7.88. The van der Waals surface area contributed by atoms with E-state index in [4.69, 9.17) is 0 Å². The largest absolute Gasteiger partial charge is 0.315 e. The summed E-state index contributed by atoms with van der Waals surface area (Å²) >= 11 is 0. The molecule has 4 nitrogen and oxygen atoms in total. The van der Waals surface area contributed by atoms with Crippen LogP contribution in [0, 0.1) is 5.92 Å². The van der Waals surface area contributed by atoms with Gasteiger partial charge in [0, 0.05) is 13.1 Å². The molecule has 5 heteroatoms. The molecule has 0 aromatic carbocycles. The van der Waals surface area contributed by atoms with Gasteiger partial charge in [-0.1, -0.05) is 13.8 Å². The Kier molecular flexibility index (Phi) is 6.28. The lowest BCUT2D eigenvalue weighted by atomic mass is 10.1. The number of nitrogens with one attached hydrogen (secondary N) is 2. The molecule has 0 fully saturated rings. The van der Waals surface area contributed by atoms with Crippen molar-refractivity contribution in [3.05, 3.63) is 0 Å². The van der Waals surface area contributed by atoms with Crippen LogP contribution in [0.3, 0.4) is 0 Å². The van der Waals surface area contributed by atoms with Gasteiger partial charge in [-0.3, -0.25) is 0 Å². The van der Waals surface area contributed by atoms with E-state index in [1.54, 1.807) is 0 Å². The first-order valence-corrected chi connectivity index (χ1v) is 6.46. The molecule has 0 unspecified atom stereocenters. The second-order valence-corrected chi connectivity index (χ2v) is 5.43. The molecule has 0 aromatic rings. The summed E-state index contributed by atoms with van der Waals surface area (Å²) in [6.45, 7) is 6.44. The van der Waals surface area contributed by atoms with Gasteiger partial charge in [0.15, 0.2) is 0 Å². The Hall–Kier alpha value is -0.130. The van der Waals surface area contributed by atoms with Crippen LogP contribution in [0.5, 0.6) is 0 Å². The molecule has 0 spiro atoms. The van der Waals surface area contributed by atoms with Gasteiger partial charge in [-0.25, -0.2) is 13.1 Å². The number of hydrogen-bond donors (Lipinski definition) is 2. The second kappa shape index (κ2) is 6.34. The highest BCUT2D eigenvalue weighted by Gasteiger charge is 1.98. The summed E-state index contributed by atoms with van der Waals surface area (Å²) < 4.78 is 23.7. The number of rotatable bonds is 7. The summed E-state index contributed by atoms with van der Waals surface area (Å²) in [6.07, 6.45) is 2.29. The average Bonchev–Trinajstić information content (AvgIpc) is 1.93. The van der Waals surface area contributed by atoms with Crippen LogP contribution in [-0.4, -0.2) is 34.3 Å². The molecule has 0 saturated carbocycles. The lowest BCUT2D eigenvalue weighted by Crippen LogP contribution is -2.31. The molecule has 0 aliphatic rings. The first kappa shape index (κ1) is 12.9. The summed E-state index contributed by atoms with van der Waals surface area (Å²) in [4.78, 5) is 0. The van der Waals surface area contributed by atoms with Gasteiger partial charge in [0.25, 0.3) is 0 Å². The zero-order valence-electron chi connectivity index (χ0n) is 8.63. The Bertz CT molecular complexity index is 212. The smallest absolute Gasteiger partial charge is 0.208 e. The van der Waals surface area contributed by atoms with Gasteiger partial charge in [0.1, 0.15) is 0 Å². The second-order valence-electron chi connectivity index (χ2n) is 3.60. The molecule has 0 bridgehead atoms. The fourth-order valence-corrected chi connectivity index (χ4v) is 1.31. The topological polar surface area (TPSA) is 58.2 Å². The normalized spacial score (nSPS) is 12.3. The molecule has 0 aliphatic carbocycles. The van der Waals surface area contributed by atoms with Gasteiger partial charge in [-0.15, -0.1) is 0 Å². The van der Waals surface area contributed by atoms with Crippen LogP contribution in [0.15, 0.2) is 0 Å². The Morgan fingerprint density at radius 2 is 1.77 bits per heavy atom. The minimum absolute atomic E-state index is 0.469. The molecule has 0 aliphatic heterocycles. The van der Waals surface area contributed by atoms with Crippen molar-refractivity contribution >= 4 is 10.0 Å². The van der Waals surface area contributed by atoms with Crippen molar-refractivity contribution < 1.29 is 8.42 Å². The first-order chi connectivity index (χ1) is 5.92. The Labute approximate surface area is 81.2 Å². The van der Waals surface area contributed by atoms with Crippen LogP contribution in [0.2, 0.25) is 0 Å². The zero-order chi connectivity index (χ0) is 10.3. The maximum absolute atomic E-state index is 10.6. The van der Waals surface area contributed by atoms with E-state index < -0.39 is 10.0 Å². The van der Waals surface area contributed by atoms with Gasteiger partial charge in [0.05, 0.1) is 6.26 Å². The van der Waals surface area contributed by atoms with Gasteiger partial charge < -0.3 is 5.32 Å². The molecule has 0 rings (SSSR count). The van der Waals surface area contributed by atoms with Crippen LogP contribution in [-0.2, 0) is 10.0 Å². The molecule has 0 amide bonds. The molecule has 0 saturated heterocycles. The van der Waals surface area contributed by atoms with Crippen molar-refractivity contribution in [2.24, 2.45) is 5.92 Å². The maximum Gasteiger partial charge on any atom is 0.208 e. The summed E-state index contributed by atoms with van der Waals surface area (Å²) in [5.74, 6) is 0.690. The summed E-state index contributed by atoms with van der Waals surface area (Å²) in [5.41, 5.74) is 0. The van der Waals surface area contributed by atoms with Crippen molar-refractivity contribution in [1.29, 1.82) is 0 Å². The summed E-state index contributed by atoms with van der Waals surface area (Å²) in [7, 11) is -3.02. The van der Waals surface area contributed by atoms with Crippen LogP contribution in [0.1, 0.15) is 20.3 Å². The van der Waals surface area contributed by atoms with Crippen molar-refractivity contribution in [2.45, 2.75) is 20.3 Å². The molecule has 13 heavy (non-hydrogen) atoms. The average molecular weight is 208 g/mol. The van der Waals surface area contributed by atoms with Crippen LogP contribution in [0.25, 0.3) is 0 Å². The zero-order valence-corrected chi connectivity index (χ0v) is 9.45. The van der Waals surface area contributed by atoms with E-state index in [2.05, 4.69) is 23.9 Å². The van der Waals surface area contributed by atoms with E-state index in [1.807, 2.05) is 0 Å². The molecule has 0 radical (unpaired) electrons. The van der Waals surface area contributed by atoms with Crippen molar-refractivity contribution in [3.63, 3.8) is 0 Å². The van der Waals surface area contributed by atoms with Crippen LogP contribution in [0.4, 0.5) is 0 Å². The van der Waals surface area contributed by atoms with Gasteiger partial charge in [0.2, 0.25) is 10.0 Å². The molecule has 0 heterocycles. The van der Waals surface area contributed by atoms with Crippen LogP contribution >= 0.6 is 0 Å². The predicted molar refractivity (Wildman–Crippen MR) is 55.2 cm³/mol.